The van der Waals surface area contributed by atoms with Crippen molar-refractivity contribution >= 4 is 10.0 Å². The number of nitrogens with zero attached hydrogens (tertiary/aromatic N) is 2. The summed E-state index contributed by atoms with van der Waals surface area (Å²) in [6.45, 7) is 1.07. The van der Waals surface area contributed by atoms with Gasteiger partial charge in [-0.05, 0) is 68.9 Å². The van der Waals surface area contributed by atoms with E-state index in [4.69, 9.17) is 14.5 Å². The molecule has 7 heteroatoms. The predicted molar refractivity (Wildman–Crippen MR) is 135 cm³/mol. The maximum absolute atomic E-state index is 11.6. The summed E-state index contributed by atoms with van der Waals surface area (Å²) >= 11 is 0. The molecule has 4 rings (SSSR count). The van der Waals surface area contributed by atoms with Gasteiger partial charge < -0.3 is 9.32 Å². The largest absolute Gasteiger partial charge is 0.440 e. The molecule has 0 aliphatic heterocycles. The number of aromatic nitrogens is 1. The van der Waals surface area contributed by atoms with Crippen molar-refractivity contribution in [3.8, 4) is 22.6 Å². The summed E-state index contributed by atoms with van der Waals surface area (Å²) < 4.78 is 29.5. The van der Waals surface area contributed by atoms with Crippen molar-refractivity contribution < 1.29 is 12.8 Å². The van der Waals surface area contributed by atoms with E-state index in [0.717, 1.165) is 41.8 Å². The number of sulfonamides is 1. The van der Waals surface area contributed by atoms with Crippen molar-refractivity contribution in [3.63, 3.8) is 0 Å². The van der Waals surface area contributed by atoms with Crippen molar-refractivity contribution in [2.75, 3.05) is 20.6 Å². The first-order valence-corrected chi connectivity index (χ1v) is 12.7. The van der Waals surface area contributed by atoms with Crippen LogP contribution in [0, 0.1) is 0 Å². The van der Waals surface area contributed by atoms with E-state index in [1.165, 1.54) is 17.7 Å². The molecule has 0 amide bonds. The maximum Gasteiger partial charge on any atom is 0.238 e. The molecule has 0 aliphatic carbocycles. The lowest BCUT2D eigenvalue weighted by atomic mass is 10.1. The van der Waals surface area contributed by atoms with Crippen molar-refractivity contribution in [1.29, 1.82) is 0 Å². The van der Waals surface area contributed by atoms with Crippen LogP contribution in [0.15, 0.2) is 88.2 Å². The molecule has 0 atom stereocenters. The van der Waals surface area contributed by atoms with Gasteiger partial charge in [0, 0.05) is 17.5 Å². The second-order valence-corrected chi connectivity index (χ2v) is 10.2. The molecular formula is C27H29N3O3S. The van der Waals surface area contributed by atoms with Crippen LogP contribution in [0.4, 0.5) is 0 Å². The summed E-state index contributed by atoms with van der Waals surface area (Å²) in [5.74, 6) is 1.20. The van der Waals surface area contributed by atoms with Crippen LogP contribution in [0.25, 0.3) is 22.6 Å². The molecule has 4 aromatic rings. The van der Waals surface area contributed by atoms with Gasteiger partial charge in [0.2, 0.25) is 10.0 Å². The summed E-state index contributed by atoms with van der Waals surface area (Å²) in [4.78, 5) is 7.05. The smallest absolute Gasteiger partial charge is 0.238 e. The van der Waals surface area contributed by atoms with Crippen LogP contribution in [0.5, 0.6) is 0 Å². The number of oxazole rings is 1. The molecule has 0 radical (unpaired) electrons. The fourth-order valence-corrected chi connectivity index (χ4v) is 4.34. The van der Waals surface area contributed by atoms with E-state index in [-0.39, 0.29) is 4.90 Å². The highest BCUT2D eigenvalue weighted by Gasteiger charge is 2.18. The van der Waals surface area contributed by atoms with Gasteiger partial charge >= 0.3 is 0 Å². The highest BCUT2D eigenvalue weighted by molar-refractivity contribution is 7.89. The van der Waals surface area contributed by atoms with Crippen LogP contribution in [0.1, 0.15) is 23.4 Å². The number of benzene rings is 3. The average molecular weight is 476 g/mol. The Bertz CT molecular complexity index is 1330. The summed E-state index contributed by atoms with van der Waals surface area (Å²) in [5, 5.41) is 5.24. The number of hydrogen-bond donors (Lipinski definition) is 1. The standard InChI is InChI=1S/C27H29N3O3S/c1-30(2)18-6-7-20-10-12-21(13-11-20)19-25-29-26(22-8-4-3-5-9-22)27(33-25)23-14-16-24(17-15-23)34(28,31)32/h3-5,8-17H,6-7,18-19H2,1-2H3,(H2,28,31,32). The van der Waals surface area contributed by atoms with Crippen LogP contribution in [0.2, 0.25) is 0 Å². The minimum absolute atomic E-state index is 0.0583. The lowest BCUT2D eigenvalue weighted by Gasteiger charge is -2.09. The van der Waals surface area contributed by atoms with Crippen molar-refractivity contribution in [3.05, 3.63) is 95.9 Å². The van der Waals surface area contributed by atoms with Crippen LogP contribution in [0.3, 0.4) is 0 Å². The Balaban J connectivity index is 1.60. The van der Waals surface area contributed by atoms with Crippen molar-refractivity contribution in [2.45, 2.75) is 24.2 Å². The Hall–Kier alpha value is -3.26. The molecule has 1 aromatic heterocycles. The number of hydrogen-bond acceptors (Lipinski definition) is 5. The van der Waals surface area contributed by atoms with E-state index in [9.17, 15) is 8.42 Å². The van der Waals surface area contributed by atoms with Crippen LogP contribution < -0.4 is 5.14 Å². The number of nitrogens with two attached hydrogens (primary N) is 1. The topological polar surface area (TPSA) is 89.4 Å². The Morgan fingerprint density at radius 2 is 1.50 bits per heavy atom. The van der Waals surface area contributed by atoms with E-state index < -0.39 is 10.0 Å². The molecular weight excluding hydrogens is 446 g/mol. The lowest BCUT2D eigenvalue weighted by molar-refractivity contribution is 0.400. The van der Waals surface area contributed by atoms with Crippen molar-refractivity contribution in [2.24, 2.45) is 5.14 Å². The number of primary sulfonamides is 1. The van der Waals surface area contributed by atoms with Gasteiger partial charge in [0.25, 0.3) is 0 Å². The summed E-state index contributed by atoms with van der Waals surface area (Å²) in [7, 11) is 0.416. The molecule has 176 valence electrons. The van der Waals surface area contributed by atoms with E-state index in [1.807, 2.05) is 30.3 Å². The fraction of sp³-hybridized carbons (Fsp3) is 0.222. The zero-order chi connectivity index (χ0) is 24.1. The molecule has 2 N–H and O–H groups in total. The quantitative estimate of drug-likeness (QED) is 0.378. The lowest BCUT2D eigenvalue weighted by Crippen LogP contribution is -2.13. The third-order valence-corrected chi connectivity index (χ3v) is 6.54. The Morgan fingerprint density at radius 3 is 2.12 bits per heavy atom. The first-order valence-electron chi connectivity index (χ1n) is 11.2. The van der Waals surface area contributed by atoms with E-state index >= 15 is 0 Å². The van der Waals surface area contributed by atoms with Crippen LogP contribution in [-0.2, 0) is 22.9 Å². The third-order valence-electron chi connectivity index (χ3n) is 5.61. The average Bonchev–Trinajstić information content (AvgIpc) is 3.24. The van der Waals surface area contributed by atoms with E-state index in [1.54, 1.807) is 12.1 Å². The van der Waals surface area contributed by atoms with Gasteiger partial charge in [0.1, 0.15) is 5.69 Å². The number of aryl methyl sites for hydroxylation is 1. The van der Waals surface area contributed by atoms with Gasteiger partial charge in [-0.1, -0.05) is 54.6 Å². The highest BCUT2D eigenvalue weighted by Crippen LogP contribution is 2.33. The van der Waals surface area contributed by atoms with Gasteiger partial charge in [-0.25, -0.2) is 18.5 Å². The SMILES string of the molecule is CN(C)CCCc1ccc(Cc2nc(-c3ccccc3)c(-c3ccc(S(N)(=O)=O)cc3)o2)cc1. The molecule has 1 heterocycles. The summed E-state index contributed by atoms with van der Waals surface area (Å²) in [5.41, 5.74) is 4.83. The zero-order valence-corrected chi connectivity index (χ0v) is 20.3. The molecule has 6 nitrogen and oxygen atoms in total. The van der Waals surface area contributed by atoms with Gasteiger partial charge in [-0.3, -0.25) is 0 Å². The van der Waals surface area contributed by atoms with Crippen molar-refractivity contribution in [1.82, 2.24) is 9.88 Å². The molecule has 0 saturated carbocycles. The fourth-order valence-electron chi connectivity index (χ4n) is 3.82. The predicted octanol–water partition coefficient (Wildman–Crippen LogP) is 4.74. The Labute approximate surface area is 201 Å². The van der Waals surface area contributed by atoms with E-state index in [2.05, 4.69) is 43.3 Å². The zero-order valence-electron chi connectivity index (χ0n) is 19.4. The summed E-state index contributed by atoms with van der Waals surface area (Å²) in [6.07, 6.45) is 2.74. The molecule has 0 saturated heterocycles. The minimum Gasteiger partial charge on any atom is -0.440 e. The molecule has 34 heavy (non-hydrogen) atoms. The van der Waals surface area contributed by atoms with Crippen LogP contribution >= 0.6 is 0 Å². The van der Waals surface area contributed by atoms with Gasteiger partial charge in [0.15, 0.2) is 11.7 Å². The van der Waals surface area contributed by atoms with Gasteiger partial charge in [-0.15, -0.1) is 0 Å². The first-order chi connectivity index (χ1) is 16.3. The van der Waals surface area contributed by atoms with Gasteiger partial charge in [0.05, 0.1) is 4.90 Å². The third kappa shape index (κ3) is 5.99. The normalized spacial score (nSPS) is 11.8. The van der Waals surface area contributed by atoms with Gasteiger partial charge in [-0.2, -0.15) is 0 Å². The monoisotopic (exact) mass is 475 g/mol. The molecule has 0 bridgehead atoms. The Morgan fingerprint density at radius 1 is 0.853 bits per heavy atom. The molecule has 0 aliphatic rings. The van der Waals surface area contributed by atoms with Crippen LogP contribution in [-0.4, -0.2) is 38.9 Å². The molecule has 0 unspecified atom stereocenters. The number of rotatable bonds is 9. The molecule has 0 fully saturated rings. The second kappa shape index (κ2) is 10.3. The summed E-state index contributed by atoms with van der Waals surface area (Å²) in [6, 6.07) is 24.7. The first kappa shape index (κ1) is 23.9. The Kier molecular flexibility index (Phi) is 7.26. The molecule has 0 spiro atoms. The second-order valence-electron chi connectivity index (χ2n) is 8.62. The maximum atomic E-state index is 11.6. The highest BCUT2D eigenvalue weighted by atomic mass is 32.2. The minimum atomic E-state index is -3.76. The van der Waals surface area contributed by atoms with E-state index in [0.29, 0.717) is 18.1 Å². The molecule has 3 aromatic carbocycles.